The number of fused-ring (bicyclic) bond motifs is 1. The van der Waals surface area contributed by atoms with E-state index < -0.39 is 0 Å². The first-order valence-corrected chi connectivity index (χ1v) is 7.89. The minimum atomic E-state index is 0.234. The molecule has 2 rings (SSSR count). The molecule has 0 unspecified atom stereocenters. The van der Waals surface area contributed by atoms with Gasteiger partial charge in [0.05, 0.1) is 11.0 Å². The van der Waals surface area contributed by atoms with Crippen LogP contribution in [0.15, 0.2) is 18.2 Å². The molecule has 0 aliphatic carbocycles. The van der Waals surface area contributed by atoms with Crippen molar-refractivity contribution in [2.45, 2.75) is 58.9 Å². The lowest BCUT2D eigenvalue weighted by atomic mass is 10.1. The molecule has 20 heavy (non-hydrogen) atoms. The molecule has 0 amide bonds. The lowest BCUT2D eigenvalue weighted by Crippen LogP contribution is -2.05. The predicted molar refractivity (Wildman–Crippen MR) is 84.0 cm³/mol. The minimum Gasteiger partial charge on any atom is -0.396 e. The summed E-state index contributed by atoms with van der Waals surface area (Å²) in [6.45, 7) is 5.67. The van der Waals surface area contributed by atoms with Crippen LogP contribution in [0.3, 0.4) is 0 Å². The van der Waals surface area contributed by atoms with E-state index in [0.29, 0.717) is 0 Å². The summed E-state index contributed by atoms with van der Waals surface area (Å²) in [7, 11) is 0. The molecule has 0 atom stereocenters. The molecule has 0 saturated carbocycles. The molecule has 1 heterocycles. The monoisotopic (exact) mass is 274 g/mol. The van der Waals surface area contributed by atoms with E-state index >= 15 is 0 Å². The average Bonchev–Trinajstić information content (AvgIpc) is 2.82. The van der Waals surface area contributed by atoms with Crippen LogP contribution in [0.25, 0.3) is 11.0 Å². The van der Waals surface area contributed by atoms with E-state index in [2.05, 4.69) is 36.6 Å². The number of rotatable bonds is 8. The number of aliphatic hydroxyl groups excluding tert-OH is 1. The van der Waals surface area contributed by atoms with Crippen LogP contribution in [0.1, 0.15) is 50.9 Å². The van der Waals surface area contributed by atoms with Gasteiger partial charge in [-0.25, -0.2) is 4.98 Å². The lowest BCUT2D eigenvalue weighted by molar-refractivity contribution is 0.287. The fraction of sp³-hybridized carbons (Fsp3) is 0.588. The van der Waals surface area contributed by atoms with Crippen LogP contribution in [0.5, 0.6) is 0 Å². The van der Waals surface area contributed by atoms with Crippen LogP contribution in [0.4, 0.5) is 0 Å². The Labute approximate surface area is 121 Å². The molecule has 0 saturated heterocycles. The standard InChI is InChI=1S/C17H26N2O/c1-3-5-6-11-19-16-10-9-14(4-2)13-15(16)18-17(19)8-7-12-20/h9-10,13,20H,3-8,11-12H2,1-2H3. The number of aromatic nitrogens is 2. The molecule has 0 radical (unpaired) electrons. The Balaban J connectivity index is 2.32. The normalized spacial score (nSPS) is 11.3. The van der Waals surface area contributed by atoms with Gasteiger partial charge < -0.3 is 9.67 Å². The number of nitrogens with zero attached hydrogens (tertiary/aromatic N) is 2. The maximum absolute atomic E-state index is 9.05. The molecular weight excluding hydrogens is 248 g/mol. The second-order valence-corrected chi connectivity index (χ2v) is 5.39. The zero-order chi connectivity index (χ0) is 14.4. The fourth-order valence-corrected chi connectivity index (χ4v) is 2.64. The number of unbranched alkanes of at least 4 members (excludes halogenated alkanes) is 2. The van der Waals surface area contributed by atoms with Gasteiger partial charge in [0, 0.05) is 19.6 Å². The van der Waals surface area contributed by atoms with Gasteiger partial charge in [-0.1, -0.05) is 32.8 Å². The maximum Gasteiger partial charge on any atom is 0.109 e. The van der Waals surface area contributed by atoms with Crippen molar-refractivity contribution in [3.8, 4) is 0 Å². The van der Waals surface area contributed by atoms with Crippen LogP contribution in [0, 0.1) is 0 Å². The fourth-order valence-electron chi connectivity index (χ4n) is 2.64. The van der Waals surface area contributed by atoms with Gasteiger partial charge in [0.15, 0.2) is 0 Å². The van der Waals surface area contributed by atoms with E-state index in [9.17, 15) is 0 Å². The summed E-state index contributed by atoms with van der Waals surface area (Å²) in [5, 5.41) is 9.05. The Morgan fingerprint density at radius 2 is 2.00 bits per heavy atom. The highest BCUT2D eigenvalue weighted by Gasteiger charge is 2.10. The highest BCUT2D eigenvalue weighted by atomic mass is 16.2. The number of imidazole rings is 1. The van der Waals surface area contributed by atoms with E-state index in [0.717, 1.165) is 37.1 Å². The van der Waals surface area contributed by atoms with Gasteiger partial charge >= 0.3 is 0 Å². The van der Waals surface area contributed by atoms with Crippen molar-refractivity contribution in [2.75, 3.05) is 6.61 Å². The molecule has 0 fully saturated rings. The smallest absolute Gasteiger partial charge is 0.109 e. The van der Waals surface area contributed by atoms with Gasteiger partial charge in [0.25, 0.3) is 0 Å². The van der Waals surface area contributed by atoms with Crippen molar-refractivity contribution in [1.29, 1.82) is 0 Å². The van der Waals surface area contributed by atoms with Crippen molar-refractivity contribution < 1.29 is 5.11 Å². The summed E-state index contributed by atoms with van der Waals surface area (Å²) in [5.74, 6) is 1.12. The summed E-state index contributed by atoms with van der Waals surface area (Å²) < 4.78 is 2.35. The zero-order valence-electron chi connectivity index (χ0n) is 12.7. The van der Waals surface area contributed by atoms with E-state index in [4.69, 9.17) is 10.1 Å². The summed E-state index contributed by atoms with van der Waals surface area (Å²) in [4.78, 5) is 4.79. The first kappa shape index (κ1) is 15.0. The Kier molecular flexibility index (Phi) is 5.60. The lowest BCUT2D eigenvalue weighted by Gasteiger charge is -2.08. The first-order chi connectivity index (χ1) is 9.80. The Hall–Kier alpha value is -1.35. The molecule has 1 N–H and O–H groups in total. The Morgan fingerprint density at radius 1 is 1.15 bits per heavy atom. The molecule has 3 heteroatoms. The second kappa shape index (κ2) is 7.44. The van der Waals surface area contributed by atoms with Crippen LogP contribution in [0.2, 0.25) is 0 Å². The van der Waals surface area contributed by atoms with Gasteiger partial charge in [0.2, 0.25) is 0 Å². The number of hydrogen-bond acceptors (Lipinski definition) is 2. The number of benzene rings is 1. The highest BCUT2D eigenvalue weighted by Crippen LogP contribution is 2.20. The predicted octanol–water partition coefficient (Wildman–Crippen LogP) is 3.71. The molecule has 110 valence electrons. The largest absolute Gasteiger partial charge is 0.396 e. The zero-order valence-corrected chi connectivity index (χ0v) is 12.7. The van der Waals surface area contributed by atoms with Crippen LogP contribution in [-0.2, 0) is 19.4 Å². The van der Waals surface area contributed by atoms with E-state index in [1.165, 1.54) is 30.3 Å². The summed E-state index contributed by atoms with van der Waals surface area (Å²) in [6.07, 6.45) is 6.38. The van der Waals surface area contributed by atoms with Gasteiger partial charge in [-0.05, 0) is 37.0 Å². The van der Waals surface area contributed by atoms with Crippen LogP contribution < -0.4 is 0 Å². The molecule has 1 aromatic carbocycles. The third kappa shape index (κ3) is 3.40. The van der Waals surface area contributed by atoms with Crippen molar-refractivity contribution in [1.82, 2.24) is 9.55 Å². The maximum atomic E-state index is 9.05. The second-order valence-electron chi connectivity index (χ2n) is 5.39. The van der Waals surface area contributed by atoms with Crippen molar-refractivity contribution >= 4 is 11.0 Å². The molecule has 1 aromatic heterocycles. The molecule has 0 aliphatic heterocycles. The summed E-state index contributed by atoms with van der Waals surface area (Å²) in [5.41, 5.74) is 3.68. The summed E-state index contributed by atoms with van der Waals surface area (Å²) in [6, 6.07) is 6.61. The van der Waals surface area contributed by atoms with E-state index in [-0.39, 0.29) is 6.61 Å². The average molecular weight is 274 g/mol. The molecule has 0 bridgehead atoms. The number of aryl methyl sites for hydroxylation is 3. The number of hydrogen-bond donors (Lipinski definition) is 1. The topological polar surface area (TPSA) is 38.0 Å². The summed E-state index contributed by atoms with van der Waals surface area (Å²) >= 11 is 0. The van der Waals surface area contributed by atoms with Gasteiger partial charge in [-0.3, -0.25) is 0 Å². The first-order valence-electron chi connectivity index (χ1n) is 7.89. The minimum absolute atomic E-state index is 0.234. The Bertz CT molecular complexity index is 545. The highest BCUT2D eigenvalue weighted by molar-refractivity contribution is 5.77. The van der Waals surface area contributed by atoms with Crippen LogP contribution in [-0.4, -0.2) is 21.3 Å². The van der Waals surface area contributed by atoms with Crippen molar-refractivity contribution in [3.63, 3.8) is 0 Å². The third-order valence-electron chi connectivity index (χ3n) is 3.84. The van der Waals surface area contributed by atoms with E-state index in [1.54, 1.807) is 0 Å². The third-order valence-corrected chi connectivity index (χ3v) is 3.84. The van der Waals surface area contributed by atoms with Gasteiger partial charge in [-0.2, -0.15) is 0 Å². The molecule has 0 spiro atoms. The van der Waals surface area contributed by atoms with Crippen molar-refractivity contribution in [3.05, 3.63) is 29.6 Å². The van der Waals surface area contributed by atoms with E-state index in [1.807, 2.05) is 0 Å². The molecule has 2 aromatic rings. The van der Waals surface area contributed by atoms with Crippen molar-refractivity contribution in [2.24, 2.45) is 0 Å². The molecule has 3 nitrogen and oxygen atoms in total. The molecule has 0 aliphatic rings. The number of aliphatic hydroxyl groups is 1. The van der Waals surface area contributed by atoms with Gasteiger partial charge in [0.1, 0.15) is 5.82 Å². The Morgan fingerprint density at radius 3 is 2.70 bits per heavy atom. The molecular formula is C17H26N2O. The van der Waals surface area contributed by atoms with Crippen LogP contribution >= 0.6 is 0 Å². The quantitative estimate of drug-likeness (QED) is 0.745. The van der Waals surface area contributed by atoms with Gasteiger partial charge in [-0.15, -0.1) is 0 Å². The SMILES string of the molecule is CCCCCn1c(CCCO)nc2cc(CC)ccc21.